The first-order valence-corrected chi connectivity index (χ1v) is 13.0. The number of hydrogen-bond donors (Lipinski definition) is 2. The molecule has 3 heterocycles. The molecule has 1 spiro atoms. The largest absolute Gasteiger partial charge is 0.493 e. The maximum Gasteiger partial charge on any atom is 0.166 e. The number of aliphatic hydroxyl groups excluding tert-OH is 2. The summed E-state index contributed by atoms with van der Waals surface area (Å²) < 4.78 is 12.1. The molecule has 1 aromatic carbocycles. The second-order valence-electron chi connectivity index (χ2n) is 10.5. The highest BCUT2D eigenvalue weighted by Gasteiger charge is 2.52. The second-order valence-corrected chi connectivity index (χ2v) is 10.5. The molecule has 0 radical (unpaired) electrons. The molecule has 6 nitrogen and oxygen atoms in total. The van der Waals surface area contributed by atoms with Crippen molar-refractivity contribution in [3.8, 4) is 11.5 Å². The van der Waals surface area contributed by atoms with E-state index < -0.39 is 6.10 Å². The van der Waals surface area contributed by atoms with E-state index in [9.17, 15) is 10.2 Å². The molecule has 5 rings (SSSR count). The van der Waals surface area contributed by atoms with Crippen LogP contribution in [0.4, 0.5) is 0 Å². The molecule has 1 saturated heterocycles. The van der Waals surface area contributed by atoms with Crippen molar-refractivity contribution in [1.29, 1.82) is 0 Å². The summed E-state index contributed by atoms with van der Waals surface area (Å²) in [6.45, 7) is 6.42. The van der Waals surface area contributed by atoms with Gasteiger partial charge in [0, 0.05) is 31.6 Å². The van der Waals surface area contributed by atoms with Crippen molar-refractivity contribution in [3.05, 3.63) is 35.4 Å². The van der Waals surface area contributed by atoms with Crippen molar-refractivity contribution in [1.82, 2.24) is 9.80 Å². The van der Waals surface area contributed by atoms with Gasteiger partial charge in [-0.05, 0) is 63.4 Å². The van der Waals surface area contributed by atoms with Crippen LogP contribution in [-0.4, -0.2) is 78.2 Å². The molecule has 6 heteroatoms. The normalized spacial score (nSPS) is 29.9. The Morgan fingerprint density at radius 3 is 2.55 bits per heavy atom. The lowest BCUT2D eigenvalue weighted by molar-refractivity contribution is 0.0808. The molecular formula is C27H40N2O4. The van der Waals surface area contributed by atoms with Crippen molar-refractivity contribution >= 4 is 0 Å². The van der Waals surface area contributed by atoms with E-state index in [0.29, 0.717) is 6.42 Å². The van der Waals surface area contributed by atoms with E-state index in [1.807, 2.05) is 12.1 Å². The zero-order valence-corrected chi connectivity index (χ0v) is 20.0. The van der Waals surface area contributed by atoms with Crippen LogP contribution in [0.15, 0.2) is 24.3 Å². The number of methoxy groups -OCH3 is 1. The number of aliphatic hydroxyl groups is 2. The Morgan fingerprint density at radius 1 is 1.03 bits per heavy atom. The molecule has 182 valence electrons. The number of rotatable bonds is 8. The number of nitrogens with zero attached hydrogens (tertiary/aromatic N) is 2. The van der Waals surface area contributed by atoms with Crippen LogP contribution < -0.4 is 9.47 Å². The summed E-state index contributed by atoms with van der Waals surface area (Å²) in [4.78, 5) is 5.12. The topological polar surface area (TPSA) is 65.4 Å². The van der Waals surface area contributed by atoms with Gasteiger partial charge in [0.25, 0.3) is 0 Å². The molecule has 3 aliphatic heterocycles. The third kappa shape index (κ3) is 4.68. The molecule has 0 bridgehead atoms. The Hall–Kier alpha value is -1.60. The fraction of sp³-hybridized carbons (Fsp3) is 0.704. The Labute approximate surface area is 198 Å². The summed E-state index contributed by atoms with van der Waals surface area (Å²) in [5.74, 6) is 1.70. The molecule has 0 unspecified atom stereocenters. The van der Waals surface area contributed by atoms with E-state index in [0.717, 1.165) is 63.5 Å². The Balaban J connectivity index is 1.17. The molecule has 0 saturated carbocycles. The standard InChI is InChI=1S/C27H40N2O4/c1-32-23-7-6-20-19-29(14-5-3-2-4-13-28-15-9-21(30)10-16-28)17-12-27-11-8-22(31)18-24(27)33-26(23)25(20)27/h6-8,11,21-22,24,30-31H,2-5,9-10,12-19H2,1H3/t22-,24-,27-/m0/s1. The Kier molecular flexibility index (Phi) is 6.98. The van der Waals surface area contributed by atoms with Crippen LogP contribution in [0.2, 0.25) is 0 Å². The minimum atomic E-state index is -0.432. The number of likely N-dealkylation sites (tertiary alicyclic amines) is 1. The van der Waals surface area contributed by atoms with Crippen LogP contribution in [0.3, 0.4) is 0 Å². The van der Waals surface area contributed by atoms with Crippen molar-refractivity contribution in [2.45, 2.75) is 81.6 Å². The van der Waals surface area contributed by atoms with E-state index in [1.54, 1.807) is 7.11 Å². The van der Waals surface area contributed by atoms with Crippen molar-refractivity contribution < 1.29 is 19.7 Å². The van der Waals surface area contributed by atoms with Gasteiger partial charge >= 0.3 is 0 Å². The molecule has 0 amide bonds. The molecule has 1 aromatic rings. The van der Waals surface area contributed by atoms with Crippen LogP contribution in [0.1, 0.15) is 62.5 Å². The molecule has 1 aliphatic carbocycles. The zero-order valence-electron chi connectivity index (χ0n) is 20.0. The number of piperidine rings is 1. The van der Waals surface area contributed by atoms with Gasteiger partial charge in [0.1, 0.15) is 6.10 Å². The van der Waals surface area contributed by atoms with Crippen molar-refractivity contribution in [2.75, 3.05) is 39.8 Å². The molecule has 4 aliphatic rings. The lowest BCUT2D eigenvalue weighted by atomic mass is 9.69. The first-order valence-electron chi connectivity index (χ1n) is 13.0. The summed E-state index contributed by atoms with van der Waals surface area (Å²) in [7, 11) is 1.71. The van der Waals surface area contributed by atoms with Gasteiger partial charge in [-0.15, -0.1) is 0 Å². The molecule has 1 fully saturated rings. The van der Waals surface area contributed by atoms with Gasteiger partial charge < -0.3 is 24.6 Å². The minimum absolute atomic E-state index is 0.0154. The quantitative estimate of drug-likeness (QED) is 0.463. The van der Waals surface area contributed by atoms with Gasteiger partial charge in [0.2, 0.25) is 0 Å². The van der Waals surface area contributed by atoms with Gasteiger partial charge in [0.05, 0.1) is 24.7 Å². The number of benzene rings is 1. The van der Waals surface area contributed by atoms with Crippen molar-refractivity contribution in [3.63, 3.8) is 0 Å². The third-order valence-electron chi connectivity index (χ3n) is 8.29. The van der Waals surface area contributed by atoms with Gasteiger partial charge in [-0.25, -0.2) is 0 Å². The predicted octanol–water partition coefficient (Wildman–Crippen LogP) is 3.24. The minimum Gasteiger partial charge on any atom is -0.493 e. The monoisotopic (exact) mass is 456 g/mol. The Morgan fingerprint density at radius 2 is 1.79 bits per heavy atom. The molecule has 2 N–H and O–H groups in total. The van der Waals surface area contributed by atoms with Gasteiger partial charge in [-0.3, -0.25) is 4.90 Å². The maximum atomic E-state index is 10.2. The summed E-state index contributed by atoms with van der Waals surface area (Å²) in [5.41, 5.74) is 2.50. The fourth-order valence-corrected chi connectivity index (χ4v) is 6.35. The van der Waals surface area contributed by atoms with Crippen LogP contribution in [0, 0.1) is 0 Å². The first kappa shape index (κ1) is 23.2. The highest BCUT2D eigenvalue weighted by molar-refractivity contribution is 5.61. The summed E-state index contributed by atoms with van der Waals surface area (Å²) in [6.07, 6.45) is 12.3. The summed E-state index contributed by atoms with van der Waals surface area (Å²) in [5, 5.41) is 19.9. The average Bonchev–Trinajstić information content (AvgIpc) is 3.06. The lowest BCUT2D eigenvalue weighted by Crippen LogP contribution is -2.43. The third-order valence-corrected chi connectivity index (χ3v) is 8.29. The molecule has 3 atom stereocenters. The average molecular weight is 457 g/mol. The summed E-state index contributed by atoms with van der Waals surface area (Å²) in [6, 6.07) is 4.26. The van der Waals surface area contributed by atoms with Crippen molar-refractivity contribution in [2.24, 2.45) is 0 Å². The summed E-state index contributed by atoms with van der Waals surface area (Å²) >= 11 is 0. The smallest absolute Gasteiger partial charge is 0.166 e. The van der Waals surface area contributed by atoms with Gasteiger partial charge in [-0.1, -0.05) is 31.1 Å². The van der Waals surface area contributed by atoms with E-state index in [4.69, 9.17) is 9.47 Å². The lowest BCUT2D eigenvalue weighted by Gasteiger charge is -2.36. The van der Waals surface area contributed by atoms with Crippen LogP contribution in [0.25, 0.3) is 0 Å². The fourth-order valence-electron chi connectivity index (χ4n) is 6.35. The van der Waals surface area contributed by atoms with Crippen LogP contribution >= 0.6 is 0 Å². The van der Waals surface area contributed by atoms with E-state index in [2.05, 4.69) is 21.9 Å². The molecule has 33 heavy (non-hydrogen) atoms. The van der Waals surface area contributed by atoms with E-state index >= 15 is 0 Å². The number of ether oxygens (including phenoxy) is 2. The molecular weight excluding hydrogens is 416 g/mol. The SMILES string of the molecule is COc1ccc2c3c1O[C@H]1C[C@@H](O)C=C[C@@]31CCN(CCCCCCN1CCC(O)CC1)C2. The zero-order chi connectivity index (χ0) is 22.8. The maximum absolute atomic E-state index is 10.2. The first-order chi connectivity index (χ1) is 16.1. The highest BCUT2D eigenvalue weighted by Crippen LogP contribution is 2.55. The molecule has 0 aromatic heterocycles. The number of unbranched alkanes of at least 4 members (excludes halogenated alkanes) is 3. The van der Waals surface area contributed by atoms with Crippen LogP contribution in [0.5, 0.6) is 11.5 Å². The highest BCUT2D eigenvalue weighted by atomic mass is 16.5. The second kappa shape index (κ2) is 9.95. The Bertz CT molecular complexity index is 851. The number of hydrogen-bond acceptors (Lipinski definition) is 6. The van der Waals surface area contributed by atoms with Gasteiger partial charge in [0.15, 0.2) is 11.5 Å². The van der Waals surface area contributed by atoms with E-state index in [1.165, 1.54) is 43.4 Å². The van der Waals surface area contributed by atoms with Crippen LogP contribution in [-0.2, 0) is 12.0 Å². The predicted molar refractivity (Wildman–Crippen MR) is 129 cm³/mol. The van der Waals surface area contributed by atoms with Gasteiger partial charge in [-0.2, -0.15) is 0 Å². The van der Waals surface area contributed by atoms with E-state index in [-0.39, 0.29) is 17.6 Å².